The van der Waals surface area contributed by atoms with Gasteiger partial charge in [-0.1, -0.05) is 29.2 Å². The summed E-state index contributed by atoms with van der Waals surface area (Å²) in [6.07, 6.45) is 0. The SMILES string of the molecule is C=C(O)C(I)=NCI. The van der Waals surface area contributed by atoms with Gasteiger partial charge in [-0.3, -0.25) is 4.99 Å². The molecule has 0 saturated heterocycles. The van der Waals surface area contributed by atoms with Gasteiger partial charge in [-0.2, -0.15) is 0 Å². The van der Waals surface area contributed by atoms with Crippen LogP contribution in [-0.2, 0) is 0 Å². The van der Waals surface area contributed by atoms with Crippen LogP contribution in [0.25, 0.3) is 0 Å². The highest BCUT2D eigenvalue weighted by molar-refractivity contribution is 14.1. The van der Waals surface area contributed by atoms with Gasteiger partial charge >= 0.3 is 0 Å². The van der Waals surface area contributed by atoms with Crippen molar-refractivity contribution in [1.82, 2.24) is 0 Å². The number of aliphatic hydroxyl groups excluding tert-OH is 1. The van der Waals surface area contributed by atoms with Crippen LogP contribution in [0.15, 0.2) is 17.3 Å². The molecule has 8 heavy (non-hydrogen) atoms. The lowest BCUT2D eigenvalue weighted by atomic mass is 10.6. The lowest BCUT2D eigenvalue weighted by Gasteiger charge is -1.89. The Bertz CT molecular complexity index is 121. The summed E-state index contributed by atoms with van der Waals surface area (Å²) in [5, 5.41) is 8.62. The van der Waals surface area contributed by atoms with Crippen LogP contribution in [0.2, 0.25) is 0 Å². The number of nitrogens with zero attached hydrogens (tertiary/aromatic N) is 1. The Morgan fingerprint density at radius 1 is 1.75 bits per heavy atom. The third-order valence-electron chi connectivity index (χ3n) is 0.437. The average molecular weight is 337 g/mol. The lowest BCUT2D eigenvalue weighted by Crippen LogP contribution is -1.88. The Labute approximate surface area is 75.4 Å². The van der Waals surface area contributed by atoms with Gasteiger partial charge in [0.05, 0.1) is 4.55 Å². The molecule has 2 nitrogen and oxygen atoms in total. The van der Waals surface area contributed by atoms with E-state index < -0.39 is 0 Å². The second-order valence-electron chi connectivity index (χ2n) is 1.02. The highest BCUT2D eigenvalue weighted by Crippen LogP contribution is 2.00. The van der Waals surface area contributed by atoms with Gasteiger partial charge in [0, 0.05) is 0 Å². The molecule has 46 valence electrons. The smallest absolute Gasteiger partial charge is 0.139 e. The van der Waals surface area contributed by atoms with Gasteiger partial charge in [-0.25, -0.2) is 0 Å². The summed E-state index contributed by atoms with van der Waals surface area (Å²) in [6.45, 7) is 3.29. The van der Waals surface area contributed by atoms with Crippen LogP contribution in [0.5, 0.6) is 0 Å². The van der Waals surface area contributed by atoms with Gasteiger partial charge in [0.1, 0.15) is 9.48 Å². The highest BCUT2D eigenvalue weighted by atomic mass is 127. The Hall–Kier alpha value is 0.670. The monoisotopic (exact) mass is 337 g/mol. The number of rotatable bonds is 2. The van der Waals surface area contributed by atoms with Crippen molar-refractivity contribution < 1.29 is 5.11 Å². The molecule has 0 spiro atoms. The maximum atomic E-state index is 8.62. The molecule has 0 rings (SSSR count). The first-order valence-corrected chi connectivity index (χ1v) is 4.43. The molecule has 0 aliphatic heterocycles. The predicted molar refractivity (Wildman–Crippen MR) is 52.1 cm³/mol. The summed E-state index contributed by atoms with van der Waals surface area (Å²) >= 11 is 4.02. The number of aliphatic hydroxyl groups is 1. The van der Waals surface area contributed by atoms with E-state index in [1.807, 2.05) is 22.6 Å². The number of allylic oxidation sites excluding steroid dienone is 1. The molecule has 0 unspecified atom stereocenters. The summed E-state index contributed by atoms with van der Waals surface area (Å²) < 4.78 is 1.24. The number of halogens is 2. The van der Waals surface area contributed by atoms with E-state index in [1.165, 1.54) is 0 Å². The minimum atomic E-state index is 0.0438. The minimum absolute atomic E-state index is 0.0438. The fraction of sp³-hybridized carbons (Fsp3) is 0.250. The molecule has 0 aliphatic carbocycles. The van der Waals surface area contributed by atoms with E-state index in [4.69, 9.17) is 5.11 Å². The molecule has 0 amide bonds. The van der Waals surface area contributed by atoms with Crippen LogP contribution in [0.4, 0.5) is 0 Å². The zero-order valence-electron chi connectivity index (χ0n) is 4.06. The van der Waals surface area contributed by atoms with E-state index in [-0.39, 0.29) is 5.76 Å². The van der Waals surface area contributed by atoms with Crippen LogP contribution in [0.1, 0.15) is 0 Å². The molecule has 0 fully saturated rings. The summed E-state index contributed by atoms with van der Waals surface area (Å²) in [4.78, 5) is 3.86. The molecule has 0 heterocycles. The zero-order valence-corrected chi connectivity index (χ0v) is 8.38. The standard InChI is InChI=1S/C4H5I2NO/c1-3(8)4(6)7-2-5/h8H,1-2H2. The zero-order chi connectivity index (χ0) is 6.57. The van der Waals surface area contributed by atoms with Gasteiger partial charge in [0.2, 0.25) is 0 Å². The van der Waals surface area contributed by atoms with E-state index in [9.17, 15) is 0 Å². The highest BCUT2D eigenvalue weighted by Gasteiger charge is 1.92. The van der Waals surface area contributed by atoms with Crippen molar-refractivity contribution >= 4 is 48.9 Å². The molecule has 0 aromatic heterocycles. The molecule has 0 atom stereocenters. The van der Waals surface area contributed by atoms with E-state index in [0.717, 1.165) is 0 Å². The molecular formula is C4H5I2NO. The van der Waals surface area contributed by atoms with Crippen molar-refractivity contribution in [2.75, 3.05) is 4.55 Å². The quantitative estimate of drug-likeness (QED) is 0.271. The summed E-state index contributed by atoms with van der Waals surface area (Å²) in [5.41, 5.74) is 0. The lowest BCUT2D eigenvalue weighted by molar-refractivity contribution is 0.448. The first-order chi connectivity index (χ1) is 3.68. The van der Waals surface area contributed by atoms with Crippen LogP contribution < -0.4 is 0 Å². The van der Waals surface area contributed by atoms with E-state index >= 15 is 0 Å². The van der Waals surface area contributed by atoms with Crippen molar-refractivity contribution in [3.8, 4) is 0 Å². The van der Waals surface area contributed by atoms with Crippen molar-refractivity contribution in [1.29, 1.82) is 0 Å². The molecular weight excluding hydrogens is 332 g/mol. The van der Waals surface area contributed by atoms with Gasteiger partial charge in [0.25, 0.3) is 0 Å². The normalized spacial score (nSPS) is 11.5. The van der Waals surface area contributed by atoms with Crippen LogP contribution in [0, 0.1) is 0 Å². The van der Waals surface area contributed by atoms with Gasteiger partial charge in [0.15, 0.2) is 0 Å². The summed E-state index contributed by atoms with van der Waals surface area (Å²) in [6, 6.07) is 0. The van der Waals surface area contributed by atoms with Crippen LogP contribution in [-0.4, -0.2) is 13.4 Å². The first kappa shape index (κ1) is 8.67. The average Bonchev–Trinajstić information content (AvgIpc) is 1.67. The maximum absolute atomic E-state index is 8.62. The molecule has 0 bridgehead atoms. The van der Waals surface area contributed by atoms with Crippen LogP contribution in [0.3, 0.4) is 0 Å². The summed E-state index contributed by atoms with van der Waals surface area (Å²) in [5.74, 6) is 0.0438. The molecule has 0 aromatic carbocycles. The van der Waals surface area contributed by atoms with Crippen molar-refractivity contribution in [3.05, 3.63) is 12.3 Å². The molecule has 0 aromatic rings. The second kappa shape index (κ2) is 4.54. The number of hydrogen-bond donors (Lipinski definition) is 1. The predicted octanol–water partition coefficient (Wildman–Crippen LogP) is 2.28. The molecule has 0 aliphatic rings. The number of hydrogen-bond acceptors (Lipinski definition) is 2. The van der Waals surface area contributed by atoms with E-state index in [2.05, 4.69) is 34.2 Å². The number of aliphatic imine (C=N–C) groups is 1. The van der Waals surface area contributed by atoms with Crippen LogP contribution >= 0.6 is 45.2 Å². The third kappa shape index (κ3) is 3.65. The van der Waals surface area contributed by atoms with Crippen molar-refractivity contribution in [2.45, 2.75) is 0 Å². The Balaban J connectivity index is 3.80. The first-order valence-electron chi connectivity index (χ1n) is 1.82. The van der Waals surface area contributed by atoms with E-state index in [1.54, 1.807) is 0 Å². The Morgan fingerprint density at radius 2 is 2.25 bits per heavy atom. The Morgan fingerprint density at radius 3 is 2.38 bits per heavy atom. The summed E-state index contributed by atoms with van der Waals surface area (Å²) in [7, 11) is 0. The fourth-order valence-corrected chi connectivity index (χ4v) is 1.31. The molecule has 0 saturated carbocycles. The molecule has 1 N–H and O–H groups in total. The van der Waals surface area contributed by atoms with Gasteiger partial charge < -0.3 is 5.11 Å². The fourth-order valence-electron chi connectivity index (χ4n) is 0.144. The molecule has 4 heteroatoms. The van der Waals surface area contributed by atoms with Crippen molar-refractivity contribution in [3.63, 3.8) is 0 Å². The molecule has 0 radical (unpaired) electrons. The van der Waals surface area contributed by atoms with E-state index in [0.29, 0.717) is 8.27 Å². The topological polar surface area (TPSA) is 32.6 Å². The number of alkyl halides is 1. The second-order valence-corrected chi connectivity index (χ2v) is 2.72. The third-order valence-corrected chi connectivity index (χ3v) is 1.74. The van der Waals surface area contributed by atoms with Gasteiger partial charge in [-0.05, 0) is 22.6 Å². The van der Waals surface area contributed by atoms with Crippen molar-refractivity contribution in [2.24, 2.45) is 4.99 Å². The largest absolute Gasteiger partial charge is 0.506 e. The Kier molecular flexibility index (Phi) is 4.92. The van der Waals surface area contributed by atoms with Gasteiger partial charge in [-0.15, -0.1) is 0 Å². The maximum Gasteiger partial charge on any atom is 0.139 e. The minimum Gasteiger partial charge on any atom is -0.506 e.